The van der Waals surface area contributed by atoms with E-state index in [1.165, 1.54) is 12.1 Å². The minimum absolute atomic E-state index is 0.226. The number of alkyl halides is 3. The Morgan fingerprint density at radius 3 is 2.64 bits per heavy atom. The number of hydrogen-bond donors (Lipinski definition) is 1. The molecule has 8 heteroatoms. The van der Waals surface area contributed by atoms with E-state index in [2.05, 4.69) is 10.2 Å². The molecular formula is C17H22F3N3OS. The maximum atomic E-state index is 12.9. The number of nitrogens with one attached hydrogen (secondary N) is 1. The predicted molar refractivity (Wildman–Crippen MR) is 94.8 cm³/mol. The molecule has 138 valence electrons. The first kappa shape index (κ1) is 18.3. The number of hydrogen-bond acceptors (Lipinski definition) is 3. The molecule has 2 fully saturated rings. The molecular weight excluding hydrogens is 351 g/mol. The fourth-order valence-electron chi connectivity index (χ4n) is 3.16. The van der Waals surface area contributed by atoms with Gasteiger partial charge in [-0.3, -0.25) is 0 Å². The molecule has 0 radical (unpaired) electrons. The Morgan fingerprint density at radius 1 is 1.24 bits per heavy atom. The van der Waals surface area contributed by atoms with Crippen LogP contribution in [0.15, 0.2) is 24.3 Å². The second-order valence-corrected chi connectivity index (χ2v) is 6.73. The van der Waals surface area contributed by atoms with E-state index in [1.54, 1.807) is 6.07 Å². The van der Waals surface area contributed by atoms with Crippen molar-refractivity contribution in [2.45, 2.75) is 25.1 Å². The number of thiocarbonyl (C=S) groups is 1. The van der Waals surface area contributed by atoms with Crippen molar-refractivity contribution in [3.05, 3.63) is 29.8 Å². The van der Waals surface area contributed by atoms with Crippen molar-refractivity contribution in [2.24, 2.45) is 0 Å². The highest BCUT2D eigenvalue weighted by Crippen LogP contribution is 2.31. The Balaban J connectivity index is 1.50. The molecule has 0 aliphatic carbocycles. The molecule has 2 aliphatic heterocycles. The fraction of sp³-hybridized carbons (Fsp3) is 0.588. The highest BCUT2D eigenvalue weighted by atomic mass is 32.1. The van der Waals surface area contributed by atoms with Gasteiger partial charge in [-0.25, -0.2) is 0 Å². The number of nitrogens with zero attached hydrogens (tertiary/aromatic N) is 2. The van der Waals surface area contributed by atoms with Crippen molar-refractivity contribution in [1.82, 2.24) is 10.2 Å². The second-order valence-electron chi connectivity index (χ2n) is 6.34. The molecule has 1 atom stereocenters. The molecule has 3 rings (SSSR count). The number of anilines is 1. The van der Waals surface area contributed by atoms with Gasteiger partial charge >= 0.3 is 6.18 Å². The van der Waals surface area contributed by atoms with Gasteiger partial charge in [0.1, 0.15) is 0 Å². The average molecular weight is 373 g/mol. The molecule has 25 heavy (non-hydrogen) atoms. The normalized spacial score (nSPS) is 21.5. The molecule has 1 aromatic rings. The van der Waals surface area contributed by atoms with Gasteiger partial charge in [0.25, 0.3) is 0 Å². The van der Waals surface area contributed by atoms with E-state index in [4.69, 9.17) is 17.0 Å². The zero-order valence-electron chi connectivity index (χ0n) is 13.9. The van der Waals surface area contributed by atoms with Crippen LogP contribution in [-0.4, -0.2) is 55.4 Å². The molecule has 1 aromatic carbocycles. The minimum atomic E-state index is -4.31. The second kappa shape index (κ2) is 7.78. The number of rotatable bonds is 3. The van der Waals surface area contributed by atoms with E-state index in [-0.39, 0.29) is 6.10 Å². The van der Waals surface area contributed by atoms with Crippen LogP contribution >= 0.6 is 12.2 Å². The smallest absolute Gasteiger partial charge is 0.376 e. The van der Waals surface area contributed by atoms with Gasteiger partial charge in [0.05, 0.1) is 11.7 Å². The van der Waals surface area contributed by atoms with Gasteiger partial charge < -0.3 is 19.9 Å². The Hall–Kier alpha value is -1.54. The largest absolute Gasteiger partial charge is 0.416 e. The summed E-state index contributed by atoms with van der Waals surface area (Å²) in [6.45, 7) is 4.19. The van der Waals surface area contributed by atoms with Crippen LogP contribution in [0, 0.1) is 0 Å². The zero-order valence-corrected chi connectivity index (χ0v) is 14.7. The van der Waals surface area contributed by atoms with Gasteiger partial charge in [-0.15, -0.1) is 0 Å². The van der Waals surface area contributed by atoms with Crippen LogP contribution in [0.3, 0.4) is 0 Å². The molecule has 1 N–H and O–H groups in total. The highest BCUT2D eigenvalue weighted by Gasteiger charge is 2.31. The van der Waals surface area contributed by atoms with Crippen LogP contribution in [0.2, 0.25) is 0 Å². The molecule has 2 aliphatic rings. The van der Waals surface area contributed by atoms with Crippen molar-refractivity contribution in [1.29, 1.82) is 0 Å². The highest BCUT2D eigenvalue weighted by molar-refractivity contribution is 7.80. The summed E-state index contributed by atoms with van der Waals surface area (Å²) in [5.74, 6) is 0. The Bertz CT molecular complexity index is 597. The molecule has 1 unspecified atom stereocenters. The Kier molecular flexibility index (Phi) is 5.68. The van der Waals surface area contributed by atoms with Gasteiger partial charge in [-0.2, -0.15) is 13.2 Å². The quantitative estimate of drug-likeness (QED) is 0.823. The van der Waals surface area contributed by atoms with Gasteiger partial charge in [-0.1, -0.05) is 6.07 Å². The maximum absolute atomic E-state index is 12.9. The molecule has 0 aromatic heterocycles. The number of halogens is 3. The van der Waals surface area contributed by atoms with E-state index < -0.39 is 11.7 Å². The first-order valence-electron chi connectivity index (χ1n) is 8.50. The van der Waals surface area contributed by atoms with Crippen LogP contribution in [-0.2, 0) is 10.9 Å². The third-order valence-electron chi connectivity index (χ3n) is 4.61. The van der Waals surface area contributed by atoms with E-state index in [1.807, 2.05) is 4.90 Å². The summed E-state index contributed by atoms with van der Waals surface area (Å²) in [6.07, 6.45) is -1.94. The van der Waals surface area contributed by atoms with Crippen molar-refractivity contribution in [3.8, 4) is 0 Å². The summed E-state index contributed by atoms with van der Waals surface area (Å²) in [7, 11) is 0. The summed E-state index contributed by atoms with van der Waals surface area (Å²) in [6, 6.07) is 5.49. The minimum Gasteiger partial charge on any atom is -0.376 e. The number of benzene rings is 1. The van der Waals surface area contributed by atoms with Gasteiger partial charge in [0.2, 0.25) is 0 Å². The van der Waals surface area contributed by atoms with Crippen LogP contribution in [0.5, 0.6) is 0 Å². The van der Waals surface area contributed by atoms with Crippen molar-refractivity contribution in [3.63, 3.8) is 0 Å². The van der Waals surface area contributed by atoms with E-state index in [9.17, 15) is 13.2 Å². The van der Waals surface area contributed by atoms with Crippen LogP contribution < -0.4 is 10.2 Å². The third-order valence-corrected chi connectivity index (χ3v) is 5.01. The first-order valence-corrected chi connectivity index (χ1v) is 8.91. The van der Waals surface area contributed by atoms with E-state index in [0.717, 1.165) is 25.5 Å². The van der Waals surface area contributed by atoms with Crippen molar-refractivity contribution >= 4 is 23.0 Å². The van der Waals surface area contributed by atoms with Crippen LogP contribution in [0.25, 0.3) is 0 Å². The van der Waals surface area contributed by atoms with Crippen LogP contribution in [0.1, 0.15) is 18.4 Å². The molecule has 4 nitrogen and oxygen atoms in total. The summed E-state index contributed by atoms with van der Waals surface area (Å²) in [5.41, 5.74) is -0.00566. The van der Waals surface area contributed by atoms with Gasteiger partial charge in [-0.05, 0) is 43.3 Å². The SMILES string of the molecule is FC(F)(F)c1cccc(N2CCN(C(=S)NCC3CCCO3)CC2)c1. The number of ether oxygens (including phenoxy) is 1. The van der Waals surface area contributed by atoms with Crippen LogP contribution in [0.4, 0.5) is 18.9 Å². The lowest BCUT2D eigenvalue weighted by Gasteiger charge is -2.37. The maximum Gasteiger partial charge on any atom is 0.416 e. The monoisotopic (exact) mass is 373 g/mol. The van der Waals surface area contributed by atoms with Crippen molar-refractivity contribution in [2.75, 3.05) is 44.2 Å². The third kappa shape index (κ3) is 4.76. The lowest BCUT2D eigenvalue weighted by molar-refractivity contribution is -0.137. The first-order chi connectivity index (χ1) is 11.9. The fourth-order valence-corrected chi connectivity index (χ4v) is 3.43. The summed E-state index contributed by atoms with van der Waals surface area (Å²) in [5, 5.41) is 3.94. The molecule has 2 saturated heterocycles. The molecule has 0 amide bonds. The van der Waals surface area contributed by atoms with E-state index in [0.29, 0.717) is 43.5 Å². The van der Waals surface area contributed by atoms with Gasteiger partial charge in [0.15, 0.2) is 5.11 Å². The Labute approximate surface area is 150 Å². The lowest BCUT2D eigenvalue weighted by Crippen LogP contribution is -2.52. The molecule has 0 spiro atoms. The molecule has 0 bridgehead atoms. The number of piperazine rings is 1. The topological polar surface area (TPSA) is 27.7 Å². The predicted octanol–water partition coefficient (Wildman–Crippen LogP) is 2.88. The summed E-state index contributed by atoms with van der Waals surface area (Å²) in [4.78, 5) is 4.03. The summed E-state index contributed by atoms with van der Waals surface area (Å²) < 4.78 is 44.1. The summed E-state index contributed by atoms with van der Waals surface area (Å²) >= 11 is 5.43. The lowest BCUT2D eigenvalue weighted by atomic mass is 10.1. The molecule has 0 saturated carbocycles. The van der Waals surface area contributed by atoms with Gasteiger partial charge in [0, 0.05) is 45.0 Å². The van der Waals surface area contributed by atoms with Crippen molar-refractivity contribution < 1.29 is 17.9 Å². The Morgan fingerprint density at radius 2 is 2.00 bits per heavy atom. The van der Waals surface area contributed by atoms with E-state index >= 15 is 0 Å². The molecule has 2 heterocycles. The zero-order chi connectivity index (χ0) is 17.9. The standard InChI is InChI=1S/C17H22F3N3OS/c18-17(19,20)13-3-1-4-14(11-13)22-6-8-23(9-7-22)16(25)21-12-15-5-2-10-24-15/h1,3-4,11,15H,2,5-10,12H2,(H,21,25). The average Bonchev–Trinajstić information content (AvgIpc) is 3.13.